The summed E-state index contributed by atoms with van der Waals surface area (Å²) in [5.74, 6) is 4.68. The molecule has 0 amide bonds. The maximum atomic E-state index is 13.2. The molecular formula is C14H15F4N. The number of benzene rings is 1. The third-order valence-electron chi connectivity index (χ3n) is 2.63. The Labute approximate surface area is 110 Å². The normalized spacial score (nSPS) is 12.7. The average Bonchev–Trinajstić information content (AvgIpc) is 2.32. The molecule has 0 heterocycles. The smallest absolute Gasteiger partial charge is 0.309 e. The zero-order chi connectivity index (χ0) is 14.5. The lowest BCUT2D eigenvalue weighted by molar-refractivity contribution is -0.138. The van der Waals surface area contributed by atoms with E-state index in [1.165, 1.54) is 0 Å². The van der Waals surface area contributed by atoms with E-state index in [4.69, 9.17) is 0 Å². The van der Waals surface area contributed by atoms with Crippen molar-refractivity contribution in [3.05, 3.63) is 35.1 Å². The van der Waals surface area contributed by atoms with Crippen LogP contribution in [0.15, 0.2) is 18.2 Å². The van der Waals surface area contributed by atoms with Crippen molar-refractivity contribution in [1.82, 2.24) is 5.32 Å². The van der Waals surface area contributed by atoms with Crippen LogP contribution in [0.2, 0.25) is 0 Å². The van der Waals surface area contributed by atoms with Crippen LogP contribution in [0.5, 0.6) is 0 Å². The molecule has 19 heavy (non-hydrogen) atoms. The Hall–Kier alpha value is -1.54. The highest BCUT2D eigenvalue weighted by Gasteiger charge is 2.35. The molecule has 0 saturated carbocycles. The summed E-state index contributed by atoms with van der Waals surface area (Å²) in [6, 6.07) is 1.88. The van der Waals surface area contributed by atoms with Gasteiger partial charge in [-0.05, 0) is 37.2 Å². The number of alkyl halides is 3. The average molecular weight is 273 g/mol. The van der Waals surface area contributed by atoms with Gasteiger partial charge in [0.15, 0.2) is 0 Å². The van der Waals surface area contributed by atoms with E-state index in [9.17, 15) is 17.6 Å². The molecule has 1 N–H and O–H groups in total. The van der Waals surface area contributed by atoms with Crippen molar-refractivity contribution in [3.63, 3.8) is 0 Å². The largest absolute Gasteiger partial charge is 0.416 e. The van der Waals surface area contributed by atoms with E-state index >= 15 is 0 Å². The number of nitrogens with one attached hydrogen (secondary N) is 1. The van der Waals surface area contributed by atoms with Gasteiger partial charge in [0.05, 0.1) is 5.56 Å². The first kappa shape index (κ1) is 15.5. The molecule has 0 bridgehead atoms. The molecule has 1 aromatic rings. The van der Waals surface area contributed by atoms with Gasteiger partial charge in [0.25, 0.3) is 0 Å². The highest BCUT2D eigenvalue weighted by Crippen LogP contribution is 2.35. The maximum absolute atomic E-state index is 13.2. The number of hydrogen-bond acceptors (Lipinski definition) is 1. The second-order valence-corrected chi connectivity index (χ2v) is 3.97. The van der Waals surface area contributed by atoms with Gasteiger partial charge in [0.1, 0.15) is 5.82 Å². The fraction of sp³-hybridized carbons (Fsp3) is 0.429. The number of rotatable bonds is 4. The Balaban J connectivity index is 3.25. The predicted octanol–water partition coefficient (Wildman–Crippen LogP) is 3.91. The van der Waals surface area contributed by atoms with Crippen LogP contribution < -0.4 is 5.32 Å². The van der Waals surface area contributed by atoms with Gasteiger partial charge in [-0.15, -0.1) is 11.8 Å². The molecule has 1 atom stereocenters. The van der Waals surface area contributed by atoms with Crippen LogP contribution in [0.3, 0.4) is 0 Å². The summed E-state index contributed by atoms with van der Waals surface area (Å²) >= 11 is 0. The van der Waals surface area contributed by atoms with Gasteiger partial charge in [-0.2, -0.15) is 13.2 Å². The molecule has 104 valence electrons. The van der Waals surface area contributed by atoms with Gasteiger partial charge in [-0.3, -0.25) is 0 Å². The van der Waals surface area contributed by atoms with Crippen molar-refractivity contribution in [3.8, 4) is 11.8 Å². The van der Waals surface area contributed by atoms with Crippen LogP contribution in [0.4, 0.5) is 17.6 Å². The SMILES string of the molecule is CC#CCC(NCC)c1cc(F)ccc1C(F)(F)F. The molecule has 1 unspecified atom stereocenters. The first-order valence-corrected chi connectivity index (χ1v) is 5.89. The van der Waals surface area contributed by atoms with E-state index < -0.39 is 23.6 Å². The van der Waals surface area contributed by atoms with Crippen molar-refractivity contribution in [2.24, 2.45) is 0 Å². The summed E-state index contributed by atoms with van der Waals surface area (Å²) in [4.78, 5) is 0. The zero-order valence-electron chi connectivity index (χ0n) is 10.7. The summed E-state index contributed by atoms with van der Waals surface area (Å²) in [5, 5.41) is 2.90. The summed E-state index contributed by atoms with van der Waals surface area (Å²) in [5.41, 5.74) is -0.921. The monoisotopic (exact) mass is 273 g/mol. The van der Waals surface area contributed by atoms with Gasteiger partial charge < -0.3 is 5.32 Å². The quantitative estimate of drug-likeness (QED) is 0.648. The molecule has 0 fully saturated rings. The Morgan fingerprint density at radius 2 is 2.00 bits per heavy atom. The Morgan fingerprint density at radius 1 is 1.32 bits per heavy atom. The van der Waals surface area contributed by atoms with E-state index in [1.54, 1.807) is 13.8 Å². The fourth-order valence-electron chi connectivity index (χ4n) is 1.82. The lowest BCUT2D eigenvalue weighted by Gasteiger charge is -2.21. The molecule has 5 heteroatoms. The summed E-state index contributed by atoms with van der Waals surface area (Å²) in [7, 11) is 0. The van der Waals surface area contributed by atoms with Crippen LogP contribution in [-0.2, 0) is 6.18 Å². The molecule has 1 rings (SSSR count). The lowest BCUT2D eigenvalue weighted by atomic mass is 9.97. The molecule has 0 aliphatic carbocycles. The molecule has 0 saturated heterocycles. The molecule has 1 nitrogen and oxygen atoms in total. The first-order chi connectivity index (χ1) is 8.90. The minimum absolute atomic E-state index is 0.0999. The standard InChI is InChI=1S/C14H15F4N/c1-3-5-6-13(19-4-2)11-9-10(15)7-8-12(11)14(16,17)18/h7-9,13,19H,4,6H2,1-2H3. The van der Waals surface area contributed by atoms with Gasteiger partial charge >= 0.3 is 6.18 Å². The third kappa shape index (κ3) is 4.25. The minimum atomic E-state index is -4.50. The first-order valence-electron chi connectivity index (χ1n) is 5.89. The number of hydrogen-bond donors (Lipinski definition) is 1. The van der Waals surface area contributed by atoms with E-state index in [1.807, 2.05) is 0 Å². The Morgan fingerprint density at radius 3 is 2.53 bits per heavy atom. The summed E-state index contributed by atoms with van der Waals surface area (Å²) < 4.78 is 52.0. The molecule has 0 aliphatic heterocycles. The Bertz CT molecular complexity index is 482. The summed E-state index contributed by atoms with van der Waals surface area (Å²) in [6.45, 7) is 3.86. The second kappa shape index (κ2) is 6.58. The Kier molecular flexibility index (Phi) is 5.37. The van der Waals surface area contributed by atoms with Crippen LogP contribution >= 0.6 is 0 Å². The van der Waals surface area contributed by atoms with Crippen LogP contribution in [0.25, 0.3) is 0 Å². The van der Waals surface area contributed by atoms with E-state index in [-0.39, 0.29) is 12.0 Å². The van der Waals surface area contributed by atoms with Crippen LogP contribution in [0, 0.1) is 17.7 Å². The lowest BCUT2D eigenvalue weighted by Crippen LogP contribution is -2.24. The molecule has 0 radical (unpaired) electrons. The molecular weight excluding hydrogens is 258 g/mol. The van der Waals surface area contributed by atoms with Gasteiger partial charge in [0.2, 0.25) is 0 Å². The van der Waals surface area contributed by atoms with Crippen molar-refractivity contribution in [1.29, 1.82) is 0 Å². The zero-order valence-corrected chi connectivity index (χ0v) is 10.7. The molecule has 1 aromatic carbocycles. The highest BCUT2D eigenvalue weighted by molar-refractivity contribution is 5.34. The molecule has 0 aromatic heterocycles. The number of halogens is 4. The van der Waals surface area contributed by atoms with Gasteiger partial charge in [0, 0.05) is 12.5 Å². The minimum Gasteiger partial charge on any atom is -0.309 e. The van der Waals surface area contributed by atoms with E-state index in [2.05, 4.69) is 17.2 Å². The van der Waals surface area contributed by atoms with Gasteiger partial charge in [-0.25, -0.2) is 4.39 Å². The molecule has 0 spiro atoms. The predicted molar refractivity (Wildman–Crippen MR) is 65.9 cm³/mol. The maximum Gasteiger partial charge on any atom is 0.416 e. The fourth-order valence-corrected chi connectivity index (χ4v) is 1.82. The summed E-state index contributed by atoms with van der Waals surface area (Å²) in [6.07, 6.45) is -4.30. The third-order valence-corrected chi connectivity index (χ3v) is 2.63. The van der Waals surface area contributed by atoms with Crippen molar-refractivity contribution < 1.29 is 17.6 Å². The van der Waals surface area contributed by atoms with Crippen molar-refractivity contribution >= 4 is 0 Å². The van der Waals surface area contributed by atoms with Crippen molar-refractivity contribution in [2.45, 2.75) is 32.5 Å². The van der Waals surface area contributed by atoms with Crippen molar-refractivity contribution in [2.75, 3.05) is 6.54 Å². The van der Waals surface area contributed by atoms with E-state index in [0.29, 0.717) is 6.54 Å². The topological polar surface area (TPSA) is 12.0 Å². The second-order valence-electron chi connectivity index (χ2n) is 3.97. The molecule has 0 aliphatic rings. The highest BCUT2D eigenvalue weighted by atomic mass is 19.4. The van der Waals surface area contributed by atoms with Gasteiger partial charge in [-0.1, -0.05) is 6.92 Å². The van der Waals surface area contributed by atoms with E-state index in [0.717, 1.165) is 18.2 Å². The van der Waals surface area contributed by atoms with Crippen LogP contribution in [-0.4, -0.2) is 6.54 Å². The van der Waals surface area contributed by atoms with Crippen LogP contribution in [0.1, 0.15) is 37.4 Å².